The van der Waals surface area contributed by atoms with Crippen LogP contribution >= 0.6 is 15.9 Å². The molecular formula is C14H18BrNO3. The Morgan fingerprint density at radius 2 is 2.05 bits per heavy atom. The Bertz CT molecular complexity index is 485. The number of nitrogens with one attached hydrogen (secondary N) is 1. The van der Waals surface area contributed by atoms with Crippen molar-refractivity contribution < 1.29 is 14.7 Å². The number of hydrogen-bond donors (Lipinski definition) is 2. The number of rotatable bonds is 5. The zero-order valence-electron chi connectivity index (χ0n) is 11.2. The molecular weight excluding hydrogens is 310 g/mol. The molecule has 1 atom stereocenters. The van der Waals surface area contributed by atoms with Gasteiger partial charge in [-0.05, 0) is 38.5 Å². The van der Waals surface area contributed by atoms with Crippen molar-refractivity contribution in [3.8, 4) is 0 Å². The molecule has 0 bridgehead atoms. The SMILES string of the molecule is C[C@H](NC(=O)CC(C)(C)C(=O)O)c1cccc(Br)c1. The molecule has 0 aliphatic rings. The number of halogens is 1. The molecule has 4 nitrogen and oxygen atoms in total. The van der Waals surface area contributed by atoms with E-state index in [0.717, 1.165) is 10.0 Å². The molecule has 1 aromatic carbocycles. The molecule has 0 heterocycles. The van der Waals surface area contributed by atoms with Gasteiger partial charge in [-0.2, -0.15) is 0 Å². The molecule has 0 aliphatic heterocycles. The maximum atomic E-state index is 11.8. The topological polar surface area (TPSA) is 66.4 Å². The summed E-state index contributed by atoms with van der Waals surface area (Å²) in [7, 11) is 0. The molecule has 1 rings (SSSR count). The Hall–Kier alpha value is -1.36. The van der Waals surface area contributed by atoms with Gasteiger partial charge in [0.25, 0.3) is 0 Å². The zero-order chi connectivity index (χ0) is 14.6. The molecule has 5 heteroatoms. The van der Waals surface area contributed by atoms with Crippen LogP contribution < -0.4 is 5.32 Å². The first kappa shape index (κ1) is 15.7. The summed E-state index contributed by atoms with van der Waals surface area (Å²) >= 11 is 3.37. The maximum Gasteiger partial charge on any atom is 0.309 e. The number of hydrogen-bond acceptors (Lipinski definition) is 2. The van der Waals surface area contributed by atoms with Crippen LogP contribution in [0.15, 0.2) is 28.7 Å². The van der Waals surface area contributed by atoms with E-state index in [9.17, 15) is 9.59 Å². The molecule has 0 unspecified atom stereocenters. The van der Waals surface area contributed by atoms with E-state index in [1.807, 2.05) is 31.2 Å². The second-order valence-corrected chi connectivity index (χ2v) is 6.13. The minimum Gasteiger partial charge on any atom is -0.481 e. The Balaban J connectivity index is 2.65. The summed E-state index contributed by atoms with van der Waals surface area (Å²) in [6.45, 7) is 4.95. The molecule has 1 aromatic rings. The first-order valence-corrected chi connectivity index (χ1v) is 6.80. The zero-order valence-corrected chi connectivity index (χ0v) is 12.8. The van der Waals surface area contributed by atoms with E-state index in [-0.39, 0.29) is 18.4 Å². The summed E-state index contributed by atoms with van der Waals surface area (Å²) in [5, 5.41) is 11.8. The van der Waals surface area contributed by atoms with Gasteiger partial charge in [-0.1, -0.05) is 28.1 Å². The minimum atomic E-state index is -1.05. The van der Waals surface area contributed by atoms with Crippen molar-refractivity contribution in [2.24, 2.45) is 5.41 Å². The Kier molecular flexibility index (Phi) is 5.11. The number of carbonyl (C=O) groups is 2. The fraction of sp³-hybridized carbons (Fsp3) is 0.429. The molecule has 1 amide bonds. The first-order valence-electron chi connectivity index (χ1n) is 6.00. The third-order valence-electron chi connectivity index (χ3n) is 2.91. The number of carbonyl (C=O) groups excluding carboxylic acids is 1. The largest absolute Gasteiger partial charge is 0.481 e. The van der Waals surface area contributed by atoms with E-state index < -0.39 is 11.4 Å². The van der Waals surface area contributed by atoms with Crippen LogP contribution in [0, 0.1) is 5.41 Å². The van der Waals surface area contributed by atoms with Crippen LogP contribution in [0.3, 0.4) is 0 Å². The molecule has 0 fully saturated rings. The van der Waals surface area contributed by atoms with Gasteiger partial charge < -0.3 is 10.4 Å². The van der Waals surface area contributed by atoms with Crippen LogP contribution in [0.5, 0.6) is 0 Å². The number of carboxylic acid groups (broad SMARTS) is 1. The molecule has 19 heavy (non-hydrogen) atoms. The van der Waals surface area contributed by atoms with Crippen LogP contribution in [0.1, 0.15) is 38.8 Å². The molecule has 0 aliphatic carbocycles. The predicted molar refractivity (Wildman–Crippen MR) is 76.7 cm³/mol. The molecule has 104 valence electrons. The van der Waals surface area contributed by atoms with Crippen molar-refractivity contribution >= 4 is 27.8 Å². The number of benzene rings is 1. The highest BCUT2D eigenvalue weighted by Crippen LogP contribution is 2.22. The Morgan fingerprint density at radius 1 is 1.42 bits per heavy atom. The molecule has 0 saturated heterocycles. The summed E-state index contributed by atoms with van der Waals surface area (Å²) in [5.41, 5.74) is -0.0861. The van der Waals surface area contributed by atoms with Gasteiger partial charge in [0.1, 0.15) is 0 Å². The van der Waals surface area contributed by atoms with Crippen molar-refractivity contribution in [1.29, 1.82) is 0 Å². The van der Waals surface area contributed by atoms with Gasteiger partial charge in [0.05, 0.1) is 11.5 Å². The van der Waals surface area contributed by atoms with E-state index in [4.69, 9.17) is 5.11 Å². The third kappa shape index (κ3) is 4.67. The fourth-order valence-electron chi connectivity index (χ4n) is 1.63. The average molecular weight is 328 g/mol. The van der Waals surface area contributed by atoms with Crippen molar-refractivity contribution in [3.05, 3.63) is 34.3 Å². The van der Waals surface area contributed by atoms with Crippen molar-refractivity contribution in [2.75, 3.05) is 0 Å². The molecule has 0 saturated carbocycles. The van der Waals surface area contributed by atoms with Crippen molar-refractivity contribution in [1.82, 2.24) is 5.32 Å². The predicted octanol–water partition coefficient (Wildman–Crippen LogP) is 3.13. The van der Waals surface area contributed by atoms with Gasteiger partial charge in [-0.15, -0.1) is 0 Å². The molecule has 0 aromatic heterocycles. The normalized spacial score (nSPS) is 12.8. The molecule has 0 radical (unpaired) electrons. The highest BCUT2D eigenvalue weighted by Gasteiger charge is 2.30. The monoisotopic (exact) mass is 327 g/mol. The van der Waals surface area contributed by atoms with Gasteiger partial charge in [-0.25, -0.2) is 0 Å². The van der Waals surface area contributed by atoms with E-state index >= 15 is 0 Å². The lowest BCUT2D eigenvalue weighted by atomic mass is 9.89. The molecule has 2 N–H and O–H groups in total. The van der Waals surface area contributed by atoms with E-state index in [2.05, 4.69) is 21.2 Å². The maximum absolute atomic E-state index is 11.8. The summed E-state index contributed by atoms with van der Waals surface area (Å²) in [5.74, 6) is -1.24. The number of amides is 1. The summed E-state index contributed by atoms with van der Waals surface area (Å²) in [4.78, 5) is 22.8. The van der Waals surface area contributed by atoms with Gasteiger partial charge >= 0.3 is 5.97 Å². The van der Waals surface area contributed by atoms with Gasteiger partial charge in [0.2, 0.25) is 5.91 Å². The van der Waals surface area contributed by atoms with Crippen LogP contribution in [0.25, 0.3) is 0 Å². The number of aliphatic carboxylic acids is 1. The summed E-state index contributed by atoms with van der Waals surface area (Å²) < 4.78 is 0.942. The van der Waals surface area contributed by atoms with Crippen LogP contribution in [0.2, 0.25) is 0 Å². The van der Waals surface area contributed by atoms with E-state index in [0.29, 0.717) is 0 Å². The second-order valence-electron chi connectivity index (χ2n) is 5.21. The van der Waals surface area contributed by atoms with Gasteiger partial charge in [-0.3, -0.25) is 9.59 Å². The van der Waals surface area contributed by atoms with Crippen LogP contribution in [0.4, 0.5) is 0 Å². The summed E-state index contributed by atoms with van der Waals surface area (Å²) in [6.07, 6.45) is -0.0410. The quantitative estimate of drug-likeness (QED) is 0.873. The lowest BCUT2D eigenvalue weighted by Gasteiger charge is -2.20. The Morgan fingerprint density at radius 3 is 2.58 bits per heavy atom. The second kappa shape index (κ2) is 6.19. The van der Waals surface area contributed by atoms with E-state index in [1.165, 1.54) is 0 Å². The average Bonchev–Trinajstić information content (AvgIpc) is 2.27. The number of carboxylic acids is 1. The van der Waals surface area contributed by atoms with Gasteiger partial charge in [0.15, 0.2) is 0 Å². The van der Waals surface area contributed by atoms with E-state index in [1.54, 1.807) is 13.8 Å². The lowest BCUT2D eigenvalue weighted by Crippen LogP contribution is -2.34. The minimum absolute atomic E-state index is 0.0410. The first-order chi connectivity index (χ1) is 8.72. The van der Waals surface area contributed by atoms with Crippen LogP contribution in [-0.4, -0.2) is 17.0 Å². The Labute approximate surface area is 121 Å². The smallest absolute Gasteiger partial charge is 0.309 e. The van der Waals surface area contributed by atoms with Crippen molar-refractivity contribution in [2.45, 2.75) is 33.2 Å². The molecule has 0 spiro atoms. The third-order valence-corrected chi connectivity index (χ3v) is 3.40. The lowest BCUT2D eigenvalue weighted by molar-refractivity contribution is -0.149. The standard InChI is InChI=1S/C14H18BrNO3/c1-9(10-5-4-6-11(15)7-10)16-12(17)8-14(2,3)13(18)19/h4-7,9H,8H2,1-3H3,(H,16,17)(H,18,19)/t9-/m0/s1. The highest BCUT2D eigenvalue weighted by molar-refractivity contribution is 9.10. The van der Waals surface area contributed by atoms with Gasteiger partial charge in [0, 0.05) is 10.9 Å². The van der Waals surface area contributed by atoms with Crippen LogP contribution in [-0.2, 0) is 9.59 Å². The van der Waals surface area contributed by atoms with Crippen molar-refractivity contribution in [3.63, 3.8) is 0 Å². The fourth-order valence-corrected chi connectivity index (χ4v) is 2.05. The highest BCUT2D eigenvalue weighted by atomic mass is 79.9. The summed E-state index contributed by atoms with van der Waals surface area (Å²) in [6, 6.07) is 7.48.